The molecule has 3 aromatic heterocycles. The summed E-state index contributed by atoms with van der Waals surface area (Å²) in [4.78, 5) is 7.12. The molecule has 0 saturated carbocycles. The van der Waals surface area contributed by atoms with Crippen molar-refractivity contribution in [1.82, 2.24) is 4.98 Å². The zero-order valence-corrected chi connectivity index (χ0v) is 27.8. The standard InChI is InChI=1S/C47H28N2O3/c1-2-11-34-29(9-1)10-7-13-35(34)30-19-21-31(22-20-30)49(33-23-25-37-36-12-3-5-16-41(36)51-45(37)28-33)32-24-26-42-39(27-32)46-38(14-8-18-44(46)50-42)47-48-40-15-4-6-17-43(40)52-47/h1-28H. The highest BCUT2D eigenvalue weighted by molar-refractivity contribution is 6.13. The summed E-state index contributed by atoms with van der Waals surface area (Å²) in [5.41, 5.74) is 11.1. The van der Waals surface area contributed by atoms with Gasteiger partial charge in [0.1, 0.15) is 27.8 Å². The van der Waals surface area contributed by atoms with Gasteiger partial charge in [-0.05, 0) is 94.7 Å². The van der Waals surface area contributed by atoms with Crippen molar-refractivity contribution < 1.29 is 13.3 Å². The van der Waals surface area contributed by atoms with E-state index >= 15 is 0 Å². The van der Waals surface area contributed by atoms with Crippen molar-refractivity contribution in [3.05, 3.63) is 170 Å². The summed E-state index contributed by atoms with van der Waals surface area (Å²) in [5, 5.41) is 6.59. The van der Waals surface area contributed by atoms with Crippen LogP contribution in [0.4, 0.5) is 17.1 Å². The molecular formula is C47H28N2O3. The molecule has 0 atom stereocenters. The molecule has 11 aromatic rings. The second-order valence-electron chi connectivity index (χ2n) is 13.1. The number of rotatable bonds is 5. The summed E-state index contributed by atoms with van der Waals surface area (Å²) in [6.07, 6.45) is 0. The molecule has 0 saturated heterocycles. The highest BCUT2D eigenvalue weighted by atomic mass is 16.4. The Labute approximate surface area is 297 Å². The van der Waals surface area contributed by atoms with Crippen LogP contribution in [-0.4, -0.2) is 4.98 Å². The topological polar surface area (TPSA) is 55.6 Å². The van der Waals surface area contributed by atoms with E-state index in [2.05, 4.69) is 120 Å². The zero-order valence-electron chi connectivity index (χ0n) is 27.8. The van der Waals surface area contributed by atoms with Gasteiger partial charge in [-0.15, -0.1) is 0 Å². The molecular weight excluding hydrogens is 641 g/mol. The Kier molecular flexibility index (Phi) is 6.18. The van der Waals surface area contributed by atoms with Gasteiger partial charge in [0.2, 0.25) is 5.89 Å². The monoisotopic (exact) mass is 668 g/mol. The normalized spacial score (nSPS) is 11.8. The Morgan fingerprint density at radius 1 is 0.385 bits per heavy atom. The minimum absolute atomic E-state index is 0.566. The zero-order chi connectivity index (χ0) is 34.2. The number of hydrogen-bond donors (Lipinski definition) is 0. The Morgan fingerprint density at radius 2 is 1.02 bits per heavy atom. The Bertz CT molecular complexity index is 3110. The fourth-order valence-electron chi connectivity index (χ4n) is 7.69. The van der Waals surface area contributed by atoms with Crippen LogP contribution >= 0.6 is 0 Å². The summed E-state index contributed by atoms with van der Waals surface area (Å²) in [6, 6.07) is 58.7. The SMILES string of the molecule is c1ccc2c(-c3ccc(N(c4ccc5c(c4)oc4ccccc45)c4ccc5oc6cccc(-c7nc8ccccc8o7)c6c5c4)cc3)cccc2c1. The maximum atomic E-state index is 6.42. The maximum absolute atomic E-state index is 6.42. The van der Waals surface area contributed by atoms with E-state index in [1.165, 1.54) is 16.3 Å². The van der Waals surface area contributed by atoms with Crippen LogP contribution in [0.15, 0.2) is 183 Å². The lowest BCUT2D eigenvalue weighted by Crippen LogP contribution is -2.09. The minimum atomic E-state index is 0.566. The van der Waals surface area contributed by atoms with Crippen molar-refractivity contribution in [2.75, 3.05) is 4.90 Å². The molecule has 0 spiro atoms. The molecule has 0 radical (unpaired) electrons. The highest BCUT2D eigenvalue weighted by Crippen LogP contribution is 2.43. The molecule has 0 bridgehead atoms. The van der Waals surface area contributed by atoms with E-state index < -0.39 is 0 Å². The van der Waals surface area contributed by atoms with E-state index in [1.807, 2.05) is 54.6 Å². The molecule has 0 aliphatic heterocycles. The fraction of sp³-hybridized carbons (Fsp3) is 0. The molecule has 0 aliphatic carbocycles. The Morgan fingerprint density at radius 3 is 1.92 bits per heavy atom. The van der Waals surface area contributed by atoms with Gasteiger partial charge in [0.25, 0.3) is 0 Å². The van der Waals surface area contributed by atoms with Gasteiger partial charge in [0.05, 0.1) is 0 Å². The second kappa shape index (κ2) is 11.2. The lowest BCUT2D eigenvalue weighted by atomic mass is 9.98. The summed E-state index contributed by atoms with van der Waals surface area (Å²) in [7, 11) is 0. The van der Waals surface area contributed by atoms with Gasteiger partial charge in [0, 0.05) is 50.2 Å². The van der Waals surface area contributed by atoms with Gasteiger partial charge in [0.15, 0.2) is 5.58 Å². The molecule has 5 heteroatoms. The number of nitrogens with zero attached hydrogens (tertiary/aromatic N) is 2. The molecule has 0 amide bonds. The number of para-hydroxylation sites is 3. The third-order valence-corrected chi connectivity index (χ3v) is 10.1. The third kappa shape index (κ3) is 4.46. The molecule has 52 heavy (non-hydrogen) atoms. The maximum Gasteiger partial charge on any atom is 0.228 e. The number of hydrogen-bond acceptors (Lipinski definition) is 5. The number of benzene rings is 8. The van der Waals surface area contributed by atoms with Gasteiger partial charge < -0.3 is 18.2 Å². The van der Waals surface area contributed by atoms with Crippen molar-refractivity contribution in [1.29, 1.82) is 0 Å². The number of oxazole rings is 1. The third-order valence-electron chi connectivity index (χ3n) is 10.1. The van der Waals surface area contributed by atoms with E-state index in [4.69, 9.17) is 18.2 Å². The van der Waals surface area contributed by atoms with Crippen molar-refractivity contribution in [2.24, 2.45) is 0 Å². The predicted octanol–water partition coefficient (Wildman–Crippen LogP) is 13.6. The Hall–Kier alpha value is -7.11. The van der Waals surface area contributed by atoms with Crippen molar-refractivity contribution >= 4 is 82.8 Å². The van der Waals surface area contributed by atoms with Gasteiger partial charge in [-0.1, -0.05) is 91.0 Å². The summed E-state index contributed by atoms with van der Waals surface area (Å²) in [5.74, 6) is 0.566. The predicted molar refractivity (Wildman–Crippen MR) is 212 cm³/mol. The van der Waals surface area contributed by atoms with Gasteiger partial charge in [-0.25, -0.2) is 4.98 Å². The average molecular weight is 669 g/mol. The molecule has 244 valence electrons. The fourth-order valence-corrected chi connectivity index (χ4v) is 7.69. The van der Waals surface area contributed by atoms with Crippen LogP contribution in [0.3, 0.4) is 0 Å². The number of furan rings is 2. The first-order valence-electron chi connectivity index (χ1n) is 17.4. The largest absolute Gasteiger partial charge is 0.456 e. The quantitative estimate of drug-likeness (QED) is 0.183. The average Bonchev–Trinajstić information content (AvgIpc) is 3.91. The van der Waals surface area contributed by atoms with Crippen molar-refractivity contribution in [2.45, 2.75) is 0 Å². The van der Waals surface area contributed by atoms with Crippen LogP contribution in [0.2, 0.25) is 0 Å². The van der Waals surface area contributed by atoms with Crippen LogP contribution in [0.1, 0.15) is 0 Å². The van der Waals surface area contributed by atoms with Gasteiger partial charge in [-0.2, -0.15) is 0 Å². The van der Waals surface area contributed by atoms with Gasteiger partial charge >= 0.3 is 0 Å². The Balaban J connectivity index is 1.10. The molecule has 8 aromatic carbocycles. The smallest absolute Gasteiger partial charge is 0.228 e. The van der Waals surface area contributed by atoms with Crippen LogP contribution < -0.4 is 4.90 Å². The molecule has 3 heterocycles. The first-order valence-corrected chi connectivity index (χ1v) is 17.4. The van der Waals surface area contributed by atoms with Crippen molar-refractivity contribution in [3.63, 3.8) is 0 Å². The lowest BCUT2D eigenvalue weighted by Gasteiger charge is -2.26. The molecule has 0 aliphatic rings. The molecule has 0 unspecified atom stereocenters. The number of fused-ring (bicyclic) bond motifs is 8. The second-order valence-corrected chi connectivity index (χ2v) is 13.1. The lowest BCUT2D eigenvalue weighted by molar-refractivity contribution is 0.620. The van der Waals surface area contributed by atoms with E-state index in [9.17, 15) is 0 Å². The van der Waals surface area contributed by atoms with E-state index in [-0.39, 0.29) is 0 Å². The van der Waals surface area contributed by atoms with Gasteiger partial charge in [-0.3, -0.25) is 0 Å². The van der Waals surface area contributed by atoms with E-state index in [0.29, 0.717) is 5.89 Å². The summed E-state index contributed by atoms with van der Waals surface area (Å²) in [6.45, 7) is 0. The first kappa shape index (κ1) is 28.7. The van der Waals surface area contributed by atoms with E-state index in [0.717, 1.165) is 83.2 Å². The molecule has 5 nitrogen and oxygen atoms in total. The highest BCUT2D eigenvalue weighted by Gasteiger charge is 2.21. The molecule has 0 N–H and O–H groups in total. The first-order chi connectivity index (χ1) is 25.7. The van der Waals surface area contributed by atoms with Crippen LogP contribution in [-0.2, 0) is 0 Å². The van der Waals surface area contributed by atoms with Crippen molar-refractivity contribution in [3.8, 4) is 22.6 Å². The summed E-state index contributed by atoms with van der Waals surface area (Å²) < 4.78 is 19.1. The van der Waals surface area contributed by atoms with Crippen LogP contribution in [0, 0.1) is 0 Å². The van der Waals surface area contributed by atoms with E-state index in [1.54, 1.807) is 0 Å². The van der Waals surface area contributed by atoms with Crippen LogP contribution in [0.25, 0.3) is 88.3 Å². The summed E-state index contributed by atoms with van der Waals surface area (Å²) >= 11 is 0. The molecule has 0 fully saturated rings. The minimum Gasteiger partial charge on any atom is -0.456 e. The number of aromatic nitrogens is 1. The number of anilines is 3. The molecule has 11 rings (SSSR count). The van der Waals surface area contributed by atoms with Crippen LogP contribution in [0.5, 0.6) is 0 Å².